The average molecular weight is 361 g/mol. The lowest BCUT2D eigenvalue weighted by molar-refractivity contribution is -0.0616. The summed E-state index contributed by atoms with van der Waals surface area (Å²) in [6, 6.07) is 8.68. The molecule has 1 aliphatic heterocycles. The monoisotopic (exact) mass is 361 g/mol. The Morgan fingerprint density at radius 3 is 2.65 bits per heavy atom. The van der Waals surface area contributed by atoms with Gasteiger partial charge >= 0.3 is 5.69 Å². The molecule has 0 aliphatic carbocycles. The van der Waals surface area contributed by atoms with E-state index in [0.29, 0.717) is 10.3 Å². The SMILES string of the molecule is O=c1[nH]c(=O)n([C@@H]2O[C@H](CO)[C@@H](O)[C@H]2O)nc1-c1cc2ccccc2o1. The maximum atomic E-state index is 12.2. The molecule has 0 saturated carbocycles. The number of hydrogen-bond donors (Lipinski definition) is 4. The third-order valence-electron chi connectivity index (χ3n) is 4.27. The molecular weight excluding hydrogens is 346 g/mol. The predicted octanol–water partition coefficient (Wildman–Crippen LogP) is -1.04. The molecule has 0 radical (unpaired) electrons. The highest BCUT2D eigenvalue weighted by molar-refractivity contribution is 5.81. The molecule has 1 saturated heterocycles. The number of H-pyrrole nitrogens is 1. The second-order valence-corrected chi connectivity index (χ2v) is 5.93. The zero-order valence-corrected chi connectivity index (χ0v) is 13.3. The molecule has 1 aliphatic rings. The zero-order valence-electron chi connectivity index (χ0n) is 13.3. The van der Waals surface area contributed by atoms with E-state index in [9.17, 15) is 19.8 Å². The van der Waals surface area contributed by atoms with E-state index in [1.807, 2.05) is 0 Å². The van der Waals surface area contributed by atoms with Crippen molar-refractivity contribution in [1.82, 2.24) is 14.8 Å². The molecule has 0 unspecified atom stereocenters. The Morgan fingerprint density at radius 2 is 1.96 bits per heavy atom. The molecule has 26 heavy (non-hydrogen) atoms. The number of rotatable bonds is 3. The number of nitrogens with zero attached hydrogens (tertiary/aromatic N) is 2. The van der Waals surface area contributed by atoms with E-state index in [0.717, 1.165) is 5.39 Å². The van der Waals surface area contributed by atoms with Crippen LogP contribution in [0.3, 0.4) is 0 Å². The van der Waals surface area contributed by atoms with Crippen LogP contribution < -0.4 is 11.2 Å². The van der Waals surface area contributed by atoms with E-state index >= 15 is 0 Å². The van der Waals surface area contributed by atoms with Gasteiger partial charge in [-0.2, -0.15) is 9.78 Å². The Bertz CT molecular complexity index is 1040. The van der Waals surface area contributed by atoms with Crippen molar-refractivity contribution in [2.45, 2.75) is 24.5 Å². The average Bonchev–Trinajstić information content (AvgIpc) is 3.17. The fourth-order valence-electron chi connectivity index (χ4n) is 2.93. The first-order valence-electron chi connectivity index (χ1n) is 7.84. The van der Waals surface area contributed by atoms with Crippen molar-refractivity contribution in [2.24, 2.45) is 0 Å². The van der Waals surface area contributed by atoms with Crippen LogP contribution in [-0.4, -0.2) is 55.0 Å². The predicted molar refractivity (Wildman–Crippen MR) is 87.3 cm³/mol. The lowest BCUT2D eigenvalue weighted by atomic mass is 10.1. The Balaban J connectivity index is 1.82. The third kappa shape index (κ3) is 2.56. The second kappa shape index (κ2) is 6.18. The maximum absolute atomic E-state index is 12.2. The molecule has 2 aromatic heterocycles. The van der Waals surface area contributed by atoms with Crippen molar-refractivity contribution in [3.05, 3.63) is 51.2 Å². The quantitative estimate of drug-likeness (QED) is 0.462. The standard InChI is InChI=1S/C16H15N3O7/c20-6-10-12(21)13(22)15(26-10)19-16(24)17-14(23)11(18-19)9-5-7-3-1-2-4-8(7)25-9/h1-5,10,12-13,15,20-22H,6H2,(H,17,23,24)/t10-,12-,13-,15-/m1/s1. The minimum atomic E-state index is -1.51. The highest BCUT2D eigenvalue weighted by atomic mass is 16.6. The van der Waals surface area contributed by atoms with Crippen LogP contribution in [0.4, 0.5) is 0 Å². The molecule has 1 fully saturated rings. The van der Waals surface area contributed by atoms with Gasteiger partial charge in [-0.1, -0.05) is 18.2 Å². The van der Waals surface area contributed by atoms with Crippen LogP contribution >= 0.6 is 0 Å². The summed E-state index contributed by atoms with van der Waals surface area (Å²) in [5.41, 5.74) is -1.34. The molecule has 4 N–H and O–H groups in total. The van der Waals surface area contributed by atoms with E-state index in [4.69, 9.17) is 14.3 Å². The van der Waals surface area contributed by atoms with Crippen molar-refractivity contribution in [1.29, 1.82) is 0 Å². The van der Waals surface area contributed by atoms with Crippen molar-refractivity contribution < 1.29 is 24.5 Å². The van der Waals surface area contributed by atoms with Gasteiger partial charge in [-0.05, 0) is 12.1 Å². The minimum absolute atomic E-state index is 0.132. The topological polar surface area (TPSA) is 151 Å². The highest BCUT2D eigenvalue weighted by Gasteiger charge is 2.44. The number of aromatic nitrogens is 3. The van der Waals surface area contributed by atoms with Gasteiger partial charge in [0.1, 0.15) is 23.9 Å². The molecule has 4 rings (SSSR count). The molecule has 0 spiro atoms. The van der Waals surface area contributed by atoms with Gasteiger partial charge in [0.15, 0.2) is 17.7 Å². The molecule has 3 heterocycles. The van der Waals surface area contributed by atoms with E-state index in [1.165, 1.54) is 0 Å². The van der Waals surface area contributed by atoms with Crippen molar-refractivity contribution >= 4 is 11.0 Å². The number of aliphatic hydroxyl groups is 3. The van der Waals surface area contributed by atoms with Gasteiger partial charge in [0.25, 0.3) is 5.56 Å². The number of benzene rings is 1. The van der Waals surface area contributed by atoms with Crippen molar-refractivity contribution in [3.63, 3.8) is 0 Å². The van der Waals surface area contributed by atoms with Gasteiger partial charge in [0.05, 0.1) is 6.61 Å². The summed E-state index contributed by atoms with van der Waals surface area (Å²) in [5.74, 6) is 0.132. The number of aliphatic hydroxyl groups excluding tert-OH is 3. The summed E-state index contributed by atoms with van der Waals surface area (Å²) < 4.78 is 11.6. The van der Waals surface area contributed by atoms with Crippen molar-refractivity contribution in [2.75, 3.05) is 6.61 Å². The van der Waals surface area contributed by atoms with Crippen LogP contribution in [0, 0.1) is 0 Å². The number of hydrogen-bond acceptors (Lipinski definition) is 8. The first-order chi connectivity index (χ1) is 12.5. The Kier molecular flexibility index (Phi) is 3.96. The van der Waals surface area contributed by atoms with Crippen LogP contribution in [0.2, 0.25) is 0 Å². The van der Waals surface area contributed by atoms with E-state index in [-0.39, 0.29) is 11.5 Å². The van der Waals surface area contributed by atoms with Crippen LogP contribution in [0.15, 0.2) is 44.3 Å². The van der Waals surface area contributed by atoms with E-state index in [1.54, 1.807) is 30.3 Å². The number of furan rings is 1. The van der Waals surface area contributed by atoms with Crippen molar-refractivity contribution in [3.8, 4) is 11.5 Å². The lowest BCUT2D eigenvalue weighted by Gasteiger charge is -2.16. The summed E-state index contributed by atoms with van der Waals surface area (Å²) >= 11 is 0. The largest absolute Gasteiger partial charge is 0.454 e. The van der Waals surface area contributed by atoms with Gasteiger partial charge in [0.2, 0.25) is 0 Å². The Morgan fingerprint density at radius 1 is 1.19 bits per heavy atom. The second-order valence-electron chi connectivity index (χ2n) is 5.93. The summed E-state index contributed by atoms with van der Waals surface area (Å²) in [7, 11) is 0. The van der Waals surface area contributed by atoms with E-state index in [2.05, 4.69) is 10.1 Å². The number of nitrogens with one attached hydrogen (secondary N) is 1. The molecule has 0 bridgehead atoms. The normalized spacial score (nSPS) is 25.8. The van der Waals surface area contributed by atoms with Crippen LogP contribution in [0.1, 0.15) is 6.23 Å². The smallest absolute Gasteiger partial charge is 0.347 e. The van der Waals surface area contributed by atoms with E-state index < -0.39 is 42.4 Å². The summed E-state index contributed by atoms with van der Waals surface area (Å²) in [6.45, 7) is -0.552. The molecule has 10 nitrogen and oxygen atoms in total. The van der Waals surface area contributed by atoms with Gasteiger partial charge in [-0.25, -0.2) is 4.79 Å². The van der Waals surface area contributed by atoms with Crippen LogP contribution in [0.5, 0.6) is 0 Å². The molecular formula is C16H15N3O7. The number of fused-ring (bicyclic) bond motifs is 1. The van der Waals surface area contributed by atoms with Gasteiger partial charge < -0.3 is 24.5 Å². The Labute approximate surface area is 144 Å². The lowest BCUT2D eigenvalue weighted by Crippen LogP contribution is -2.40. The summed E-state index contributed by atoms with van der Waals surface area (Å²) in [4.78, 5) is 26.4. The minimum Gasteiger partial charge on any atom is -0.454 e. The van der Waals surface area contributed by atoms with Crippen LogP contribution in [-0.2, 0) is 4.74 Å². The molecule has 3 aromatic rings. The first kappa shape index (κ1) is 16.7. The zero-order chi connectivity index (χ0) is 18.4. The summed E-state index contributed by atoms with van der Waals surface area (Å²) in [6.07, 6.45) is -5.35. The number of ether oxygens (including phenoxy) is 1. The third-order valence-corrected chi connectivity index (χ3v) is 4.27. The first-order valence-corrected chi connectivity index (χ1v) is 7.84. The number of aromatic amines is 1. The van der Waals surface area contributed by atoms with Crippen LogP contribution in [0.25, 0.3) is 22.4 Å². The molecule has 0 amide bonds. The molecule has 4 atom stereocenters. The number of para-hydroxylation sites is 1. The molecule has 136 valence electrons. The molecule has 10 heteroatoms. The fraction of sp³-hybridized carbons (Fsp3) is 0.312. The molecule has 1 aromatic carbocycles. The van der Waals surface area contributed by atoms with Gasteiger partial charge in [-0.3, -0.25) is 9.78 Å². The Hall–Kier alpha value is -2.79. The summed E-state index contributed by atoms with van der Waals surface area (Å²) in [5, 5.41) is 33.8. The fourth-order valence-corrected chi connectivity index (χ4v) is 2.93. The van der Waals surface area contributed by atoms with Gasteiger partial charge in [-0.15, -0.1) is 0 Å². The highest BCUT2D eigenvalue weighted by Crippen LogP contribution is 2.28. The van der Waals surface area contributed by atoms with Gasteiger partial charge in [0, 0.05) is 5.39 Å². The maximum Gasteiger partial charge on any atom is 0.347 e.